The quantitative estimate of drug-likeness (QED) is 0.920. The van der Waals surface area contributed by atoms with E-state index in [1.54, 1.807) is 0 Å². The van der Waals surface area contributed by atoms with Gasteiger partial charge in [0.2, 0.25) is 0 Å². The van der Waals surface area contributed by atoms with Crippen LogP contribution in [0.3, 0.4) is 0 Å². The average molecular weight is 273 g/mol. The smallest absolute Gasteiger partial charge is 0.416 e. The van der Waals surface area contributed by atoms with Crippen LogP contribution in [0.15, 0.2) is 24.3 Å². The van der Waals surface area contributed by atoms with Crippen molar-refractivity contribution in [2.75, 3.05) is 13.1 Å². The number of hydrogen-bond donors (Lipinski definition) is 1. The molecular formula is C13H14F3NO2. The minimum atomic E-state index is -4.32. The molecule has 0 amide bonds. The molecule has 19 heavy (non-hydrogen) atoms. The van der Waals surface area contributed by atoms with Crippen molar-refractivity contribution >= 4 is 5.97 Å². The van der Waals surface area contributed by atoms with E-state index in [1.165, 1.54) is 12.1 Å². The summed E-state index contributed by atoms with van der Waals surface area (Å²) in [5.41, 5.74) is 0.0973. The summed E-state index contributed by atoms with van der Waals surface area (Å²) in [6, 6.07) is 4.99. The molecule has 1 heterocycles. The van der Waals surface area contributed by atoms with Crippen LogP contribution in [0.2, 0.25) is 0 Å². The lowest BCUT2D eigenvalue weighted by Crippen LogP contribution is -2.22. The number of nitrogens with zero attached hydrogens (tertiary/aromatic N) is 1. The zero-order valence-corrected chi connectivity index (χ0v) is 10.2. The Morgan fingerprint density at radius 1 is 1.32 bits per heavy atom. The molecule has 0 aromatic heterocycles. The van der Waals surface area contributed by atoms with Gasteiger partial charge in [0.15, 0.2) is 0 Å². The van der Waals surface area contributed by atoms with Crippen LogP contribution in [-0.2, 0) is 17.5 Å². The zero-order valence-electron chi connectivity index (χ0n) is 10.2. The van der Waals surface area contributed by atoms with Crippen molar-refractivity contribution in [3.05, 3.63) is 35.4 Å². The number of hydrogen-bond acceptors (Lipinski definition) is 2. The summed E-state index contributed by atoms with van der Waals surface area (Å²) < 4.78 is 37.2. The fraction of sp³-hybridized carbons (Fsp3) is 0.462. The van der Waals surface area contributed by atoms with Gasteiger partial charge in [-0.2, -0.15) is 13.2 Å². The van der Waals surface area contributed by atoms with Gasteiger partial charge in [-0.15, -0.1) is 0 Å². The van der Waals surface area contributed by atoms with Crippen LogP contribution in [-0.4, -0.2) is 29.1 Å². The molecule has 0 bridgehead atoms. The summed E-state index contributed by atoms with van der Waals surface area (Å²) in [5, 5.41) is 8.87. The monoisotopic (exact) mass is 273 g/mol. The first-order chi connectivity index (χ1) is 8.86. The third-order valence-electron chi connectivity index (χ3n) is 3.31. The highest BCUT2D eigenvalue weighted by molar-refractivity contribution is 5.70. The van der Waals surface area contributed by atoms with Gasteiger partial charge in [-0.1, -0.05) is 12.1 Å². The standard InChI is InChI=1S/C13H14F3NO2/c14-13(15,16)11-3-1-9(2-4-11)7-17-6-5-10(8-17)12(18)19/h1-4,10H,5-8H2,(H,18,19). The Balaban J connectivity index is 1.96. The van der Waals surface area contributed by atoms with Crippen molar-refractivity contribution in [2.24, 2.45) is 5.92 Å². The zero-order chi connectivity index (χ0) is 14.0. The van der Waals surface area contributed by atoms with Crippen LogP contribution in [0.25, 0.3) is 0 Å². The Morgan fingerprint density at radius 2 is 1.95 bits per heavy atom. The fourth-order valence-electron chi connectivity index (χ4n) is 2.24. The summed E-state index contributed by atoms with van der Waals surface area (Å²) in [6.07, 6.45) is -3.73. The van der Waals surface area contributed by atoms with Crippen molar-refractivity contribution in [3.63, 3.8) is 0 Å². The molecule has 1 aliphatic heterocycles. The summed E-state index contributed by atoms with van der Waals surface area (Å²) in [7, 11) is 0. The van der Waals surface area contributed by atoms with Gasteiger partial charge in [0.25, 0.3) is 0 Å². The molecule has 1 aromatic carbocycles. The minimum Gasteiger partial charge on any atom is -0.481 e. The van der Waals surface area contributed by atoms with Gasteiger partial charge in [0.1, 0.15) is 0 Å². The highest BCUT2D eigenvalue weighted by Crippen LogP contribution is 2.29. The largest absolute Gasteiger partial charge is 0.481 e. The molecule has 1 atom stereocenters. The third-order valence-corrected chi connectivity index (χ3v) is 3.31. The second kappa shape index (κ2) is 5.21. The molecule has 1 aliphatic rings. The average Bonchev–Trinajstić information content (AvgIpc) is 2.77. The maximum Gasteiger partial charge on any atom is 0.416 e. The normalized spacial score (nSPS) is 20.7. The molecule has 0 aliphatic carbocycles. The SMILES string of the molecule is O=C(O)C1CCN(Cc2ccc(C(F)(F)F)cc2)C1. The van der Waals surface area contributed by atoms with Gasteiger partial charge in [0, 0.05) is 13.1 Å². The van der Waals surface area contributed by atoms with Gasteiger partial charge in [-0.25, -0.2) is 0 Å². The van der Waals surface area contributed by atoms with Crippen molar-refractivity contribution in [3.8, 4) is 0 Å². The van der Waals surface area contributed by atoms with Gasteiger partial charge < -0.3 is 5.11 Å². The van der Waals surface area contributed by atoms with Crippen molar-refractivity contribution < 1.29 is 23.1 Å². The van der Waals surface area contributed by atoms with E-state index in [1.807, 2.05) is 4.90 Å². The maximum atomic E-state index is 12.4. The van der Waals surface area contributed by atoms with Gasteiger partial charge >= 0.3 is 12.1 Å². The molecular weight excluding hydrogens is 259 g/mol. The molecule has 104 valence electrons. The Labute approximate surface area is 108 Å². The Morgan fingerprint density at radius 3 is 2.42 bits per heavy atom. The van der Waals surface area contributed by atoms with Crippen LogP contribution >= 0.6 is 0 Å². The van der Waals surface area contributed by atoms with E-state index < -0.39 is 17.7 Å². The first-order valence-corrected chi connectivity index (χ1v) is 5.97. The Hall–Kier alpha value is -1.56. The lowest BCUT2D eigenvalue weighted by atomic mass is 10.1. The number of benzene rings is 1. The summed E-state index contributed by atoms with van der Waals surface area (Å²) in [6.45, 7) is 1.61. The van der Waals surface area contributed by atoms with Gasteiger partial charge in [0.05, 0.1) is 11.5 Å². The second-order valence-corrected chi connectivity index (χ2v) is 4.75. The highest BCUT2D eigenvalue weighted by Gasteiger charge is 2.30. The fourth-order valence-corrected chi connectivity index (χ4v) is 2.24. The number of halogens is 3. The van der Waals surface area contributed by atoms with Crippen LogP contribution in [0.1, 0.15) is 17.5 Å². The number of carboxylic acid groups (broad SMARTS) is 1. The van der Waals surface area contributed by atoms with E-state index in [-0.39, 0.29) is 5.92 Å². The molecule has 0 spiro atoms. The van der Waals surface area contributed by atoms with E-state index in [0.717, 1.165) is 17.7 Å². The number of aliphatic carboxylic acids is 1. The van der Waals surface area contributed by atoms with E-state index >= 15 is 0 Å². The number of carboxylic acids is 1. The lowest BCUT2D eigenvalue weighted by molar-refractivity contribution is -0.141. The molecule has 0 saturated carbocycles. The van der Waals surface area contributed by atoms with Crippen LogP contribution in [0.4, 0.5) is 13.2 Å². The van der Waals surface area contributed by atoms with Crippen molar-refractivity contribution in [2.45, 2.75) is 19.1 Å². The topological polar surface area (TPSA) is 40.5 Å². The molecule has 2 rings (SSSR count). The predicted octanol–water partition coefficient (Wildman–Crippen LogP) is 2.61. The number of rotatable bonds is 3. The molecule has 6 heteroatoms. The number of carbonyl (C=O) groups is 1. The predicted molar refractivity (Wildman–Crippen MR) is 62.5 cm³/mol. The maximum absolute atomic E-state index is 12.4. The molecule has 1 N–H and O–H groups in total. The molecule has 0 radical (unpaired) electrons. The van der Waals surface area contributed by atoms with E-state index in [2.05, 4.69) is 0 Å². The summed E-state index contributed by atoms with van der Waals surface area (Å²) in [4.78, 5) is 12.7. The first kappa shape index (κ1) is 13.9. The third kappa shape index (κ3) is 3.47. The molecule has 1 fully saturated rings. The summed E-state index contributed by atoms with van der Waals surface area (Å²) >= 11 is 0. The molecule has 1 saturated heterocycles. The van der Waals surface area contributed by atoms with Gasteiger partial charge in [-0.3, -0.25) is 9.69 Å². The van der Waals surface area contributed by atoms with Crippen LogP contribution < -0.4 is 0 Å². The van der Waals surface area contributed by atoms with E-state index in [0.29, 0.717) is 26.1 Å². The number of alkyl halides is 3. The summed E-state index contributed by atoms with van der Waals surface area (Å²) in [5.74, 6) is -1.18. The van der Waals surface area contributed by atoms with Crippen molar-refractivity contribution in [1.82, 2.24) is 4.90 Å². The Bertz CT molecular complexity index is 456. The minimum absolute atomic E-state index is 0.366. The second-order valence-electron chi connectivity index (χ2n) is 4.75. The van der Waals surface area contributed by atoms with E-state index in [4.69, 9.17) is 5.11 Å². The van der Waals surface area contributed by atoms with E-state index in [9.17, 15) is 18.0 Å². The Kier molecular flexibility index (Phi) is 3.80. The molecule has 3 nitrogen and oxygen atoms in total. The number of likely N-dealkylation sites (tertiary alicyclic amines) is 1. The van der Waals surface area contributed by atoms with Crippen LogP contribution in [0, 0.1) is 5.92 Å². The first-order valence-electron chi connectivity index (χ1n) is 5.97. The molecule has 1 unspecified atom stereocenters. The van der Waals surface area contributed by atoms with Crippen LogP contribution in [0.5, 0.6) is 0 Å². The van der Waals surface area contributed by atoms with Gasteiger partial charge in [-0.05, 0) is 30.7 Å². The van der Waals surface area contributed by atoms with Crippen molar-refractivity contribution in [1.29, 1.82) is 0 Å². The molecule has 1 aromatic rings. The highest BCUT2D eigenvalue weighted by atomic mass is 19.4. The lowest BCUT2D eigenvalue weighted by Gasteiger charge is -2.15.